The standard InChI is InChI=1S/C16H28N2/c1-5-8-13(4)16(18-10-6-2)15-9-11-17-12-14(15)7-3/h9,11-13,16,18H,5-8,10H2,1-4H3. The lowest BCUT2D eigenvalue weighted by atomic mass is 9.88. The SMILES string of the molecule is CCCNC(c1ccncc1CC)C(C)CCC. The third-order valence-corrected chi connectivity index (χ3v) is 3.58. The second-order valence-electron chi connectivity index (χ2n) is 5.13. The first-order valence-corrected chi connectivity index (χ1v) is 7.40. The van der Waals surface area contributed by atoms with Crippen LogP contribution in [0.4, 0.5) is 0 Å². The van der Waals surface area contributed by atoms with Crippen LogP contribution < -0.4 is 5.32 Å². The van der Waals surface area contributed by atoms with Crippen molar-refractivity contribution in [3.8, 4) is 0 Å². The van der Waals surface area contributed by atoms with Crippen LogP contribution in [0.15, 0.2) is 18.5 Å². The summed E-state index contributed by atoms with van der Waals surface area (Å²) in [6.07, 6.45) is 8.71. The van der Waals surface area contributed by atoms with Gasteiger partial charge in [0.25, 0.3) is 0 Å². The third kappa shape index (κ3) is 4.09. The number of nitrogens with zero attached hydrogens (tertiary/aromatic N) is 1. The molecule has 2 atom stereocenters. The maximum Gasteiger partial charge on any atom is 0.0349 e. The normalized spacial score (nSPS) is 14.4. The Labute approximate surface area is 112 Å². The Bertz CT molecular complexity index is 336. The van der Waals surface area contributed by atoms with Gasteiger partial charge in [-0.1, -0.05) is 34.1 Å². The molecular formula is C16H28N2. The van der Waals surface area contributed by atoms with E-state index in [0.717, 1.165) is 13.0 Å². The third-order valence-electron chi connectivity index (χ3n) is 3.58. The first-order valence-electron chi connectivity index (χ1n) is 7.40. The molecule has 0 spiro atoms. The topological polar surface area (TPSA) is 24.9 Å². The molecule has 0 aliphatic carbocycles. The molecule has 0 bridgehead atoms. The van der Waals surface area contributed by atoms with Crippen LogP contribution in [0.1, 0.15) is 64.1 Å². The fourth-order valence-corrected chi connectivity index (χ4v) is 2.58. The van der Waals surface area contributed by atoms with Crippen molar-refractivity contribution in [2.24, 2.45) is 5.92 Å². The maximum absolute atomic E-state index is 4.26. The number of aromatic nitrogens is 1. The molecule has 1 aromatic rings. The van der Waals surface area contributed by atoms with Crippen molar-refractivity contribution >= 4 is 0 Å². The van der Waals surface area contributed by atoms with Crippen molar-refractivity contribution in [3.05, 3.63) is 29.6 Å². The summed E-state index contributed by atoms with van der Waals surface area (Å²) < 4.78 is 0. The van der Waals surface area contributed by atoms with Crippen molar-refractivity contribution in [2.45, 2.75) is 59.4 Å². The number of nitrogens with one attached hydrogen (secondary N) is 1. The van der Waals surface area contributed by atoms with Crippen LogP contribution in [0.5, 0.6) is 0 Å². The Kier molecular flexibility index (Phi) is 6.96. The molecular weight excluding hydrogens is 220 g/mol. The molecule has 0 aromatic carbocycles. The van der Waals surface area contributed by atoms with E-state index in [1.54, 1.807) is 0 Å². The van der Waals surface area contributed by atoms with E-state index in [1.807, 2.05) is 12.4 Å². The van der Waals surface area contributed by atoms with Gasteiger partial charge in [-0.15, -0.1) is 0 Å². The highest BCUT2D eigenvalue weighted by Gasteiger charge is 2.20. The molecule has 1 heterocycles. The highest BCUT2D eigenvalue weighted by Crippen LogP contribution is 2.28. The van der Waals surface area contributed by atoms with Gasteiger partial charge in [-0.05, 0) is 48.9 Å². The lowest BCUT2D eigenvalue weighted by Crippen LogP contribution is -2.28. The van der Waals surface area contributed by atoms with E-state index in [4.69, 9.17) is 0 Å². The van der Waals surface area contributed by atoms with Gasteiger partial charge in [-0.2, -0.15) is 0 Å². The largest absolute Gasteiger partial charge is 0.310 e. The molecule has 2 nitrogen and oxygen atoms in total. The van der Waals surface area contributed by atoms with Crippen molar-refractivity contribution in [2.75, 3.05) is 6.54 Å². The molecule has 102 valence electrons. The fraction of sp³-hybridized carbons (Fsp3) is 0.688. The number of rotatable bonds is 8. The van der Waals surface area contributed by atoms with E-state index in [-0.39, 0.29) is 0 Å². The molecule has 18 heavy (non-hydrogen) atoms. The van der Waals surface area contributed by atoms with E-state index >= 15 is 0 Å². The van der Waals surface area contributed by atoms with Crippen LogP contribution >= 0.6 is 0 Å². The van der Waals surface area contributed by atoms with Gasteiger partial charge in [-0.25, -0.2) is 0 Å². The quantitative estimate of drug-likeness (QED) is 0.748. The Balaban J connectivity index is 2.92. The molecule has 0 saturated carbocycles. The Morgan fingerprint density at radius 3 is 2.61 bits per heavy atom. The lowest BCUT2D eigenvalue weighted by molar-refractivity contribution is 0.361. The summed E-state index contributed by atoms with van der Waals surface area (Å²) >= 11 is 0. The minimum absolute atomic E-state index is 0.475. The van der Waals surface area contributed by atoms with E-state index in [0.29, 0.717) is 12.0 Å². The molecule has 0 amide bonds. The molecule has 0 fully saturated rings. The van der Waals surface area contributed by atoms with E-state index in [1.165, 1.54) is 30.4 Å². The molecule has 0 aliphatic heterocycles. The van der Waals surface area contributed by atoms with Crippen LogP contribution in [-0.4, -0.2) is 11.5 Å². The molecule has 2 unspecified atom stereocenters. The van der Waals surface area contributed by atoms with E-state index in [9.17, 15) is 0 Å². The summed E-state index contributed by atoms with van der Waals surface area (Å²) in [6, 6.07) is 2.67. The predicted molar refractivity (Wildman–Crippen MR) is 78.7 cm³/mol. The zero-order chi connectivity index (χ0) is 13.4. The Morgan fingerprint density at radius 1 is 1.22 bits per heavy atom. The van der Waals surface area contributed by atoms with Crippen LogP contribution in [0.3, 0.4) is 0 Å². The second-order valence-corrected chi connectivity index (χ2v) is 5.13. The first kappa shape index (κ1) is 15.2. The van der Waals surface area contributed by atoms with Crippen LogP contribution in [0.25, 0.3) is 0 Å². The molecule has 2 heteroatoms. The number of hydrogen-bond acceptors (Lipinski definition) is 2. The van der Waals surface area contributed by atoms with Crippen LogP contribution in [0, 0.1) is 5.92 Å². The molecule has 0 saturated heterocycles. The van der Waals surface area contributed by atoms with Crippen LogP contribution in [0.2, 0.25) is 0 Å². The summed E-state index contributed by atoms with van der Waals surface area (Å²) in [6.45, 7) is 10.1. The van der Waals surface area contributed by atoms with Gasteiger partial charge >= 0.3 is 0 Å². The van der Waals surface area contributed by atoms with Crippen molar-refractivity contribution in [3.63, 3.8) is 0 Å². The summed E-state index contributed by atoms with van der Waals surface area (Å²) in [5.41, 5.74) is 2.83. The minimum atomic E-state index is 0.475. The van der Waals surface area contributed by atoms with Gasteiger partial charge in [-0.3, -0.25) is 4.98 Å². The number of pyridine rings is 1. The van der Waals surface area contributed by atoms with Gasteiger partial charge in [0.2, 0.25) is 0 Å². The number of hydrogen-bond donors (Lipinski definition) is 1. The Hall–Kier alpha value is -0.890. The average Bonchev–Trinajstić information content (AvgIpc) is 2.40. The minimum Gasteiger partial charge on any atom is -0.310 e. The van der Waals surface area contributed by atoms with Crippen LogP contribution in [-0.2, 0) is 6.42 Å². The van der Waals surface area contributed by atoms with Gasteiger partial charge in [0.05, 0.1) is 0 Å². The van der Waals surface area contributed by atoms with Gasteiger partial charge < -0.3 is 5.32 Å². The molecule has 0 radical (unpaired) electrons. The highest BCUT2D eigenvalue weighted by molar-refractivity contribution is 5.27. The fourth-order valence-electron chi connectivity index (χ4n) is 2.58. The zero-order valence-electron chi connectivity index (χ0n) is 12.4. The van der Waals surface area contributed by atoms with Gasteiger partial charge in [0.1, 0.15) is 0 Å². The van der Waals surface area contributed by atoms with Gasteiger partial charge in [0.15, 0.2) is 0 Å². The molecule has 1 N–H and O–H groups in total. The van der Waals surface area contributed by atoms with E-state index in [2.05, 4.69) is 44.1 Å². The summed E-state index contributed by atoms with van der Waals surface area (Å²) in [5.74, 6) is 0.675. The maximum atomic E-state index is 4.26. The average molecular weight is 248 g/mol. The molecule has 1 rings (SSSR count). The van der Waals surface area contributed by atoms with Crippen molar-refractivity contribution in [1.82, 2.24) is 10.3 Å². The predicted octanol–water partition coefficient (Wildman–Crippen LogP) is 4.12. The summed E-state index contributed by atoms with van der Waals surface area (Å²) in [7, 11) is 0. The smallest absolute Gasteiger partial charge is 0.0349 e. The molecule has 0 aliphatic rings. The zero-order valence-corrected chi connectivity index (χ0v) is 12.4. The summed E-state index contributed by atoms with van der Waals surface area (Å²) in [4.78, 5) is 4.26. The monoisotopic (exact) mass is 248 g/mol. The van der Waals surface area contributed by atoms with Crippen molar-refractivity contribution < 1.29 is 0 Å². The first-order chi connectivity index (χ1) is 8.74. The number of aryl methyl sites for hydroxylation is 1. The highest BCUT2D eigenvalue weighted by atomic mass is 14.9. The van der Waals surface area contributed by atoms with Gasteiger partial charge in [0, 0.05) is 18.4 Å². The van der Waals surface area contributed by atoms with Crippen molar-refractivity contribution in [1.29, 1.82) is 0 Å². The van der Waals surface area contributed by atoms with E-state index < -0.39 is 0 Å². The lowest BCUT2D eigenvalue weighted by Gasteiger charge is -2.27. The Morgan fingerprint density at radius 2 is 2.00 bits per heavy atom. The molecule has 1 aromatic heterocycles. The summed E-state index contributed by atoms with van der Waals surface area (Å²) in [5, 5.41) is 3.72. The second kappa shape index (κ2) is 8.25.